The van der Waals surface area contributed by atoms with E-state index in [0.29, 0.717) is 31.7 Å². The molecular weight excluding hydrogens is 440 g/mol. The van der Waals surface area contributed by atoms with Gasteiger partial charge in [-0.2, -0.15) is 0 Å². The van der Waals surface area contributed by atoms with Gasteiger partial charge in [0.2, 0.25) is 5.91 Å². The number of aromatic nitrogens is 1. The van der Waals surface area contributed by atoms with Crippen LogP contribution < -0.4 is 5.32 Å². The van der Waals surface area contributed by atoms with E-state index in [1.54, 1.807) is 12.3 Å². The van der Waals surface area contributed by atoms with Crippen LogP contribution in [-0.2, 0) is 9.53 Å². The van der Waals surface area contributed by atoms with Gasteiger partial charge in [-0.25, -0.2) is 8.78 Å². The molecule has 2 aromatic rings. The number of amides is 2. The molecule has 1 aromatic carbocycles. The monoisotopic (exact) mass is 463 g/mol. The number of benzene rings is 1. The van der Waals surface area contributed by atoms with Crippen LogP contribution in [0.5, 0.6) is 0 Å². The summed E-state index contributed by atoms with van der Waals surface area (Å²) < 4.78 is 33.9. The molecule has 0 radical (unpaired) electrons. The van der Waals surface area contributed by atoms with E-state index in [0.717, 1.165) is 17.7 Å². The third-order valence-corrected chi connectivity index (χ3v) is 6.29. The van der Waals surface area contributed by atoms with E-state index in [-0.39, 0.29) is 28.3 Å². The molecule has 0 saturated carbocycles. The van der Waals surface area contributed by atoms with Crippen molar-refractivity contribution in [3.05, 3.63) is 63.9 Å². The number of nitrogens with one attached hydrogen (secondary N) is 1. The third-order valence-electron chi connectivity index (χ3n) is 6.00. The van der Waals surface area contributed by atoms with E-state index >= 15 is 0 Å². The number of halogens is 3. The Morgan fingerprint density at radius 1 is 1.22 bits per heavy atom. The van der Waals surface area contributed by atoms with Crippen LogP contribution in [0.1, 0.15) is 40.9 Å². The fourth-order valence-electron chi connectivity index (χ4n) is 4.28. The number of nitrogens with zero attached hydrogens (tertiary/aromatic N) is 2. The standard InChI is InChI=1S/C23H24ClF2N3O3/c1-12-3-14(8-27-7-12)23(31)29-9-13(2)4-20(29)22(30)28-21(15-10-32-11-15)16-5-19(26)17(24)6-18(16)25/h3,5-8,13,15,20-21H,4,9-11H2,1-2H3,(H,28,30)/t13-,20-,21-/m1/s1. The Morgan fingerprint density at radius 3 is 2.62 bits per heavy atom. The number of hydrogen-bond donors (Lipinski definition) is 1. The first-order valence-electron chi connectivity index (χ1n) is 10.5. The summed E-state index contributed by atoms with van der Waals surface area (Å²) in [5, 5.41) is 2.53. The highest BCUT2D eigenvalue weighted by atomic mass is 35.5. The predicted molar refractivity (Wildman–Crippen MR) is 114 cm³/mol. The highest BCUT2D eigenvalue weighted by Crippen LogP contribution is 2.33. The van der Waals surface area contributed by atoms with Crippen molar-refractivity contribution in [3.63, 3.8) is 0 Å². The minimum Gasteiger partial charge on any atom is -0.381 e. The lowest BCUT2D eigenvalue weighted by Gasteiger charge is -2.36. The van der Waals surface area contributed by atoms with Crippen LogP contribution in [0, 0.1) is 30.4 Å². The van der Waals surface area contributed by atoms with E-state index < -0.39 is 29.6 Å². The Balaban J connectivity index is 1.58. The van der Waals surface area contributed by atoms with Gasteiger partial charge in [-0.05, 0) is 43.0 Å². The molecule has 2 aliphatic heterocycles. The summed E-state index contributed by atoms with van der Waals surface area (Å²) in [7, 11) is 0. The van der Waals surface area contributed by atoms with E-state index in [2.05, 4.69) is 10.3 Å². The molecule has 170 valence electrons. The largest absolute Gasteiger partial charge is 0.381 e. The second-order valence-corrected chi connectivity index (χ2v) is 9.04. The van der Waals surface area contributed by atoms with E-state index in [9.17, 15) is 18.4 Å². The highest BCUT2D eigenvalue weighted by Gasteiger charge is 2.41. The van der Waals surface area contributed by atoms with Crippen LogP contribution in [0.25, 0.3) is 0 Å². The van der Waals surface area contributed by atoms with E-state index in [1.807, 2.05) is 13.8 Å². The number of ether oxygens (including phenoxy) is 1. The van der Waals surface area contributed by atoms with Gasteiger partial charge in [0.05, 0.1) is 29.8 Å². The summed E-state index contributed by atoms with van der Waals surface area (Å²) in [5.74, 6) is -2.25. The number of aryl methyl sites for hydroxylation is 1. The molecule has 0 unspecified atom stereocenters. The van der Waals surface area contributed by atoms with Crippen molar-refractivity contribution in [1.29, 1.82) is 0 Å². The van der Waals surface area contributed by atoms with Crippen molar-refractivity contribution in [2.45, 2.75) is 32.4 Å². The number of likely N-dealkylation sites (tertiary alicyclic amines) is 1. The summed E-state index contributed by atoms with van der Waals surface area (Å²) in [6.07, 6.45) is 3.61. The molecule has 3 atom stereocenters. The zero-order chi connectivity index (χ0) is 23.0. The molecule has 4 rings (SSSR count). The Bertz CT molecular complexity index is 1050. The average Bonchev–Trinajstić information content (AvgIpc) is 3.10. The molecule has 32 heavy (non-hydrogen) atoms. The molecule has 2 fully saturated rings. The maximum absolute atomic E-state index is 14.6. The first kappa shape index (κ1) is 22.6. The van der Waals surface area contributed by atoms with Gasteiger partial charge in [-0.15, -0.1) is 0 Å². The lowest BCUT2D eigenvalue weighted by molar-refractivity contribution is -0.128. The molecule has 2 amide bonds. The first-order chi connectivity index (χ1) is 15.2. The van der Waals surface area contributed by atoms with Gasteiger partial charge in [0, 0.05) is 30.4 Å². The Kier molecular flexibility index (Phi) is 6.44. The van der Waals surface area contributed by atoms with E-state index in [4.69, 9.17) is 16.3 Å². The van der Waals surface area contributed by atoms with Crippen molar-refractivity contribution in [3.8, 4) is 0 Å². The van der Waals surface area contributed by atoms with Crippen molar-refractivity contribution in [2.75, 3.05) is 19.8 Å². The van der Waals surface area contributed by atoms with E-state index in [1.165, 1.54) is 11.1 Å². The minimum absolute atomic E-state index is 0.0142. The summed E-state index contributed by atoms with van der Waals surface area (Å²) >= 11 is 5.69. The second-order valence-electron chi connectivity index (χ2n) is 8.64. The fourth-order valence-corrected chi connectivity index (χ4v) is 4.43. The lowest BCUT2D eigenvalue weighted by atomic mass is 9.90. The van der Waals surface area contributed by atoms with Crippen LogP contribution in [-0.4, -0.2) is 47.5 Å². The molecule has 0 aliphatic carbocycles. The van der Waals surface area contributed by atoms with Crippen LogP contribution in [0.15, 0.2) is 30.6 Å². The molecule has 6 nitrogen and oxygen atoms in total. The summed E-state index contributed by atoms with van der Waals surface area (Å²) in [4.78, 5) is 32.0. The normalized spacial score (nSPS) is 21.8. The number of pyridine rings is 1. The molecule has 2 saturated heterocycles. The molecule has 3 heterocycles. The van der Waals surface area contributed by atoms with Gasteiger partial charge in [0.15, 0.2) is 0 Å². The molecule has 0 bridgehead atoms. The smallest absolute Gasteiger partial charge is 0.256 e. The molecule has 1 aromatic heterocycles. The zero-order valence-corrected chi connectivity index (χ0v) is 18.5. The molecular formula is C23H24ClF2N3O3. The van der Waals surface area contributed by atoms with Crippen LogP contribution in [0.4, 0.5) is 8.78 Å². The minimum atomic E-state index is -0.795. The third kappa shape index (κ3) is 4.47. The molecule has 0 spiro atoms. The van der Waals surface area contributed by atoms with Gasteiger partial charge in [0.1, 0.15) is 17.7 Å². The summed E-state index contributed by atoms with van der Waals surface area (Å²) in [6.45, 7) is 4.85. The van der Waals surface area contributed by atoms with Crippen molar-refractivity contribution >= 4 is 23.4 Å². The number of carbonyl (C=O) groups is 2. The molecule has 9 heteroatoms. The average molecular weight is 464 g/mol. The van der Waals surface area contributed by atoms with Gasteiger partial charge in [-0.1, -0.05) is 18.5 Å². The number of carbonyl (C=O) groups excluding carboxylic acids is 2. The van der Waals surface area contributed by atoms with Crippen molar-refractivity contribution < 1.29 is 23.1 Å². The fraction of sp³-hybridized carbons (Fsp3) is 0.435. The highest BCUT2D eigenvalue weighted by molar-refractivity contribution is 6.30. The Hall–Kier alpha value is -2.58. The quantitative estimate of drug-likeness (QED) is 0.687. The van der Waals surface area contributed by atoms with Gasteiger partial charge in [0.25, 0.3) is 5.91 Å². The molecule has 1 N–H and O–H groups in total. The zero-order valence-electron chi connectivity index (χ0n) is 17.8. The Morgan fingerprint density at radius 2 is 1.97 bits per heavy atom. The van der Waals surface area contributed by atoms with Gasteiger partial charge >= 0.3 is 0 Å². The Labute approximate surface area is 189 Å². The van der Waals surface area contributed by atoms with Gasteiger partial charge in [-0.3, -0.25) is 14.6 Å². The maximum atomic E-state index is 14.6. The van der Waals surface area contributed by atoms with Crippen LogP contribution in [0.2, 0.25) is 5.02 Å². The van der Waals surface area contributed by atoms with Crippen molar-refractivity contribution in [2.24, 2.45) is 11.8 Å². The lowest BCUT2D eigenvalue weighted by Crippen LogP contribution is -2.50. The van der Waals surface area contributed by atoms with Crippen LogP contribution >= 0.6 is 11.6 Å². The SMILES string of the molecule is Cc1cncc(C(=O)N2C[C@H](C)C[C@@H]2C(=O)N[C@@H](c2cc(F)c(Cl)cc2F)C2COC2)c1. The topological polar surface area (TPSA) is 71.5 Å². The summed E-state index contributed by atoms with van der Waals surface area (Å²) in [6, 6.07) is 2.13. The summed E-state index contributed by atoms with van der Waals surface area (Å²) in [5.41, 5.74) is 1.27. The molecule has 2 aliphatic rings. The second kappa shape index (κ2) is 9.11. The number of rotatable bonds is 5. The van der Waals surface area contributed by atoms with Gasteiger partial charge < -0.3 is 15.0 Å². The van der Waals surface area contributed by atoms with Crippen molar-refractivity contribution in [1.82, 2.24) is 15.2 Å². The maximum Gasteiger partial charge on any atom is 0.256 e. The number of hydrogen-bond acceptors (Lipinski definition) is 4. The van der Waals surface area contributed by atoms with Crippen LogP contribution in [0.3, 0.4) is 0 Å². The predicted octanol–water partition coefficient (Wildman–Crippen LogP) is 3.68. The first-order valence-corrected chi connectivity index (χ1v) is 10.9.